The van der Waals surface area contributed by atoms with E-state index in [-0.39, 0.29) is 5.76 Å². The lowest BCUT2D eigenvalue weighted by molar-refractivity contribution is -0.575. The van der Waals surface area contributed by atoms with E-state index in [0.717, 1.165) is 0 Å². The lowest BCUT2D eigenvalue weighted by Crippen LogP contribution is -2.37. The first-order valence-electron chi connectivity index (χ1n) is 3.82. The first-order chi connectivity index (χ1) is 5.96. The van der Waals surface area contributed by atoms with E-state index in [2.05, 4.69) is 0 Å². The number of furan rings is 1. The van der Waals surface area contributed by atoms with Crippen LogP contribution in [-0.2, 0) is 0 Å². The van der Waals surface area contributed by atoms with Gasteiger partial charge < -0.3 is 9.52 Å². The van der Waals surface area contributed by atoms with E-state index in [1.54, 1.807) is 6.07 Å². The van der Waals surface area contributed by atoms with Crippen molar-refractivity contribution in [3.63, 3.8) is 0 Å². The summed E-state index contributed by atoms with van der Waals surface area (Å²) < 4.78 is 4.88. The normalized spacial score (nSPS) is 14.1. The molecule has 0 aliphatic heterocycles. The summed E-state index contributed by atoms with van der Waals surface area (Å²) in [6.07, 6.45) is 0.145. The van der Waals surface area contributed by atoms with Crippen LogP contribution in [0, 0.1) is 10.1 Å². The highest BCUT2D eigenvalue weighted by atomic mass is 16.6. The van der Waals surface area contributed by atoms with Crippen LogP contribution in [0.5, 0.6) is 0 Å². The van der Waals surface area contributed by atoms with E-state index in [1.807, 2.05) is 0 Å². The van der Waals surface area contributed by atoms with Crippen molar-refractivity contribution >= 4 is 0 Å². The number of nitrogens with zero attached hydrogens (tertiary/aromatic N) is 1. The summed E-state index contributed by atoms with van der Waals surface area (Å²) in [6, 6.07) is 3.09. The fourth-order valence-corrected chi connectivity index (χ4v) is 0.895. The molecule has 72 valence electrons. The Balaban J connectivity index is 2.90. The third kappa shape index (κ3) is 1.70. The molecule has 1 N–H and O–H groups in total. The fraction of sp³-hybridized carbons (Fsp3) is 0.500. The molecule has 1 aromatic heterocycles. The lowest BCUT2D eigenvalue weighted by Gasteiger charge is -2.19. The molecule has 1 unspecified atom stereocenters. The monoisotopic (exact) mass is 185 g/mol. The van der Waals surface area contributed by atoms with Crippen molar-refractivity contribution in [3.8, 4) is 0 Å². The van der Waals surface area contributed by atoms with Crippen LogP contribution >= 0.6 is 0 Å². The highest BCUT2D eigenvalue weighted by Crippen LogP contribution is 2.27. The van der Waals surface area contributed by atoms with Crippen molar-refractivity contribution in [3.05, 3.63) is 34.3 Å². The summed E-state index contributed by atoms with van der Waals surface area (Å²) in [7, 11) is 0. The molecule has 1 atom stereocenters. The Morgan fingerprint density at radius 3 is 2.69 bits per heavy atom. The van der Waals surface area contributed by atoms with Gasteiger partial charge in [-0.2, -0.15) is 0 Å². The summed E-state index contributed by atoms with van der Waals surface area (Å²) in [6.45, 7) is 2.69. The molecule has 0 saturated heterocycles. The Morgan fingerprint density at radius 1 is 1.69 bits per heavy atom. The minimum atomic E-state index is -1.43. The largest absolute Gasteiger partial charge is 0.466 e. The Bertz CT molecular complexity index is 291. The molecule has 5 heteroatoms. The maximum atomic E-state index is 10.6. The Morgan fingerprint density at radius 2 is 2.31 bits per heavy atom. The van der Waals surface area contributed by atoms with Crippen LogP contribution in [-0.4, -0.2) is 15.6 Å². The molecule has 0 bridgehead atoms. The van der Waals surface area contributed by atoms with Crippen molar-refractivity contribution in [1.82, 2.24) is 0 Å². The van der Waals surface area contributed by atoms with Crippen molar-refractivity contribution in [1.29, 1.82) is 0 Å². The van der Waals surface area contributed by atoms with Gasteiger partial charge in [0.1, 0.15) is 5.76 Å². The van der Waals surface area contributed by atoms with Gasteiger partial charge >= 0.3 is 0 Å². The predicted molar refractivity (Wildman–Crippen MR) is 44.7 cm³/mol. The van der Waals surface area contributed by atoms with Gasteiger partial charge in [0.2, 0.25) is 5.54 Å². The number of hydrogen-bond donors (Lipinski definition) is 1. The Hall–Kier alpha value is -1.36. The average Bonchev–Trinajstić information content (AvgIpc) is 2.54. The third-order valence-electron chi connectivity index (χ3n) is 1.95. The number of hydrogen-bond acceptors (Lipinski definition) is 4. The minimum absolute atomic E-state index is 0.210. The Kier molecular flexibility index (Phi) is 2.38. The molecule has 0 saturated carbocycles. The summed E-state index contributed by atoms with van der Waals surface area (Å²) >= 11 is 0. The molecule has 0 fully saturated rings. The Labute approximate surface area is 75.1 Å². The van der Waals surface area contributed by atoms with Crippen molar-refractivity contribution in [2.45, 2.75) is 25.5 Å². The zero-order valence-corrected chi connectivity index (χ0v) is 7.43. The van der Waals surface area contributed by atoms with Crippen LogP contribution in [0.25, 0.3) is 0 Å². The van der Waals surface area contributed by atoms with Crippen LogP contribution in [0.15, 0.2) is 22.8 Å². The van der Waals surface area contributed by atoms with Crippen LogP contribution in [0.4, 0.5) is 0 Å². The second-order valence-electron chi connectivity index (χ2n) is 3.33. The zero-order valence-electron chi connectivity index (χ0n) is 7.43. The molecule has 1 aromatic rings. The van der Waals surface area contributed by atoms with Gasteiger partial charge in [0.25, 0.3) is 0 Å². The highest BCUT2D eigenvalue weighted by Gasteiger charge is 2.42. The van der Waals surface area contributed by atoms with E-state index >= 15 is 0 Å². The first-order valence-corrected chi connectivity index (χ1v) is 3.82. The molecule has 0 spiro atoms. The van der Waals surface area contributed by atoms with Crippen molar-refractivity contribution in [2.75, 3.05) is 0 Å². The van der Waals surface area contributed by atoms with Gasteiger partial charge in [0, 0.05) is 18.8 Å². The standard InChI is InChI=1S/C8H11NO4/c1-8(2,9(11)12)7(10)6-4-3-5-13-6/h3-5,7,10H,1-2H3. The lowest BCUT2D eigenvalue weighted by atomic mass is 9.96. The van der Waals surface area contributed by atoms with E-state index in [9.17, 15) is 15.2 Å². The van der Waals surface area contributed by atoms with E-state index in [1.165, 1.54) is 26.2 Å². The number of rotatable bonds is 3. The van der Waals surface area contributed by atoms with Crippen LogP contribution in [0.3, 0.4) is 0 Å². The second-order valence-corrected chi connectivity index (χ2v) is 3.33. The van der Waals surface area contributed by atoms with E-state index in [0.29, 0.717) is 0 Å². The van der Waals surface area contributed by atoms with Gasteiger partial charge in [0.05, 0.1) is 6.26 Å². The van der Waals surface area contributed by atoms with Crippen molar-refractivity contribution in [2.24, 2.45) is 0 Å². The highest BCUT2D eigenvalue weighted by molar-refractivity contribution is 5.05. The van der Waals surface area contributed by atoms with Crippen LogP contribution in [0.2, 0.25) is 0 Å². The van der Waals surface area contributed by atoms with Gasteiger partial charge in [0.15, 0.2) is 6.10 Å². The third-order valence-corrected chi connectivity index (χ3v) is 1.95. The number of aliphatic hydroxyl groups excluding tert-OH is 1. The minimum Gasteiger partial charge on any atom is -0.466 e. The maximum Gasteiger partial charge on any atom is 0.249 e. The molecule has 0 aliphatic rings. The molecule has 0 amide bonds. The molecule has 0 radical (unpaired) electrons. The summed E-state index contributed by atoms with van der Waals surface area (Å²) in [5, 5.41) is 20.1. The molecule has 0 aromatic carbocycles. The molecular weight excluding hydrogens is 174 g/mol. The quantitative estimate of drug-likeness (QED) is 0.569. The van der Waals surface area contributed by atoms with Crippen LogP contribution < -0.4 is 0 Å². The zero-order chi connectivity index (χ0) is 10.1. The fourth-order valence-electron chi connectivity index (χ4n) is 0.895. The molecule has 1 heterocycles. The molecular formula is C8H11NO4. The van der Waals surface area contributed by atoms with E-state index in [4.69, 9.17) is 4.42 Å². The van der Waals surface area contributed by atoms with Gasteiger partial charge in [-0.3, -0.25) is 10.1 Å². The van der Waals surface area contributed by atoms with E-state index < -0.39 is 16.6 Å². The average molecular weight is 185 g/mol. The number of nitro groups is 1. The van der Waals surface area contributed by atoms with Gasteiger partial charge in [-0.05, 0) is 12.1 Å². The smallest absolute Gasteiger partial charge is 0.249 e. The second kappa shape index (κ2) is 3.18. The van der Waals surface area contributed by atoms with Gasteiger partial charge in [-0.25, -0.2) is 0 Å². The predicted octanol–water partition coefficient (Wildman–Crippen LogP) is 1.37. The summed E-state index contributed by atoms with van der Waals surface area (Å²) in [5.41, 5.74) is -1.43. The first kappa shape index (κ1) is 9.73. The molecule has 13 heavy (non-hydrogen) atoms. The summed E-state index contributed by atoms with van der Waals surface area (Å²) in [5.74, 6) is 0.210. The number of aliphatic hydroxyl groups is 1. The maximum absolute atomic E-state index is 10.6. The molecule has 5 nitrogen and oxygen atoms in total. The van der Waals surface area contributed by atoms with Crippen LogP contribution in [0.1, 0.15) is 25.7 Å². The van der Waals surface area contributed by atoms with Crippen molar-refractivity contribution < 1.29 is 14.4 Å². The van der Waals surface area contributed by atoms with Gasteiger partial charge in [-0.15, -0.1) is 0 Å². The SMILES string of the molecule is CC(C)(C(O)c1ccco1)[N+](=O)[O-]. The molecule has 0 aliphatic carbocycles. The topological polar surface area (TPSA) is 76.5 Å². The summed E-state index contributed by atoms with van der Waals surface area (Å²) in [4.78, 5) is 10.0. The van der Waals surface area contributed by atoms with Gasteiger partial charge in [-0.1, -0.05) is 0 Å². The molecule has 1 rings (SSSR count).